The van der Waals surface area contributed by atoms with Crippen LogP contribution >= 0.6 is 0 Å². The van der Waals surface area contributed by atoms with Crippen LogP contribution in [-0.4, -0.2) is 21.4 Å². The van der Waals surface area contributed by atoms with Gasteiger partial charge < -0.3 is 0 Å². The summed E-state index contributed by atoms with van der Waals surface area (Å²) in [6, 6.07) is 11.6. The van der Waals surface area contributed by atoms with Crippen molar-refractivity contribution >= 4 is 22.8 Å². The zero-order valence-corrected chi connectivity index (χ0v) is 10.1. The van der Waals surface area contributed by atoms with Crippen LogP contribution in [0, 0.1) is 0 Å². The number of fused-ring (bicyclic) bond motifs is 1. The van der Waals surface area contributed by atoms with E-state index in [1.165, 1.54) is 0 Å². The van der Waals surface area contributed by atoms with Gasteiger partial charge in [-0.15, -0.1) is 5.10 Å². The summed E-state index contributed by atoms with van der Waals surface area (Å²) < 4.78 is 0. The molecule has 2 heterocycles. The van der Waals surface area contributed by atoms with E-state index in [0.717, 1.165) is 16.3 Å². The fraction of sp³-hybridized carbons (Fsp3) is 0. The van der Waals surface area contributed by atoms with Crippen LogP contribution in [0.1, 0.15) is 5.56 Å². The standard InChI is InChI=1S/C14H11N5/c1-2-4-13-12(3-1)10-17-19-14(13)18-16-9-11-5-7-15-8-6-11/h1-10H,(H,18,19)/b16-9-. The summed E-state index contributed by atoms with van der Waals surface area (Å²) in [5.74, 6) is 0.642. The molecular formula is C14H11N5. The smallest absolute Gasteiger partial charge is 0.176 e. The molecule has 19 heavy (non-hydrogen) atoms. The number of hydrazone groups is 1. The minimum atomic E-state index is 0.642. The second-order valence-corrected chi connectivity index (χ2v) is 3.93. The summed E-state index contributed by atoms with van der Waals surface area (Å²) in [6.45, 7) is 0. The molecule has 0 unspecified atom stereocenters. The highest BCUT2D eigenvalue weighted by molar-refractivity contribution is 5.91. The highest BCUT2D eigenvalue weighted by Gasteiger charge is 2.00. The lowest BCUT2D eigenvalue weighted by Gasteiger charge is -2.02. The van der Waals surface area contributed by atoms with Gasteiger partial charge in [0, 0.05) is 23.2 Å². The van der Waals surface area contributed by atoms with Crippen LogP contribution < -0.4 is 5.43 Å². The molecule has 1 N–H and O–H groups in total. The average molecular weight is 249 g/mol. The van der Waals surface area contributed by atoms with E-state index in [-0.39, 0.29) is 0 Å². The van der Waals surface area contributed by atoms with Gasteiger partial charge in [0.15, 0.2) is 5.82 Å². The Morgan fingerprint density at radius 3 is 2.79 bits per heavy atom. The molecule has 2 aromatic heterocycles. The van der Waals surface area contributed by atoms with Crippen molar-refractivity contribution in [1.82, 2.24) is 15.2 Å². The zero-order valence-electron chi connectivity index (χ0n) is 10.1. The predicted octanol–water partition coefficient (Wildman–Crippen LogP) is 2.47. The first-order valence-corrected chi connectivity index (χ1v) is 5.83. The Morgan fingerprint density at radius 1 is 1.05 bits per heavy atom. The fourth-order valence-corrected chi connectivity index (χ4v) is 1.73. The molecule has 0 atom stereocenters. The molecule has 0 aliphatic heterocycles. The van der Waals surface area contributed by atoms with Gasteiger partial charge in [-0.3, -0.25) is 10.4 Å². The lowest BCUT2D eigenvalue weighted by atomic mass is 10.2. The summed E-state index contributed by atoms with van der Waals surface area (Å²) in [4.78, 5) is 3.95. The number of pyridine rings is 1. The van der Waals surface area contributed by atoms with Crippen molar-refractivity contribution in [2.75, 3.05) is 5.43 Å². The Morgan fingerprint density at radius 2 is 1.89 bits per heavy atom. The largest absolute Gasteiger partial charge is 0.265 e. The van der Waals surface area contributed by atoms with E-state index >= 15 is 0 Å². The normalized spacial score (nSPS) is 10.9. The summed E-state index contributed by atoms with van der Waals surface area (Å²) in [5.41, 5.74) is 3.88. The van der Waals surface area contributed by atoms with Gasteiger partial charge in [-0.05, 0) is 17.7 Å². The maximum Gasteiger partial charge on any atom is 0.176 e. The molecule has 0 saturated carbocycles. The highest BCUT2D eigenvalue weighted by Crippen LogP contribution is 2.18. The number of nitrogens with one attached hydrogen (secondary N) is 1. The fourth-order valence-electron chi connectivity index (χ4n) is 1.73. The lowest BCUT2D eigenvalue weighted by Crippen LogP contribution is -1.96. The average Bonchev–Trinajstić information content (AvgIpc) is 2.49. The van der Waals surface area contributed by atoms with Gasteiger partial charge >= 0.3 is 0 Å². The van der Waals surface area contributed by atoms with Gasteiger partial charge in [0.1, 0.15) is 0 Å². The molecule has 92 valence electrons. The number of hydrogen-bond donors (Lipinski definition) is 1. The van der Waals surface area contributed by atoms with Crippen LogP contribution in [0.5, 0.6) is 0 Å². The lowest BCUT2D eigenvalue weighted by molar-refractivity contribution is 1.04. The number of rotatable bonds is 3. The molecule has 0 saturated heterocycles. The molecule has 5 heteroatoms. The van der Waals surface area contributed by atoms with Crippen molar-refractivity contribution in [3.05, 3.63) is 60.6 Å². The molecule has 3 rings (SSSR count). The van der Waals surface area contributed by atoms with Crippen LogP contribution in [0.2, 0.25) is 0 Å². The molecule has 1 aromatic carbocycles. The number of nitrogens with zero attached hydrogens (tertiary/aromatic N) is 4. The molecule has 0 fully saturated rings. The Balaban J connectivity index is 1.84. The summed E-state index contributed by atoms with van der Waals surface area (Å²) >= 11 is 0. The zero-order chi connectivity index (χ0) is 12.9. The molecule has 0 radical (unpaired) electrons. The summed E-state index contributed by atoms with van der Waals surface area (Å²) in [7, 11) is 0. The van der Waals surface area contributed by atoms with Crippen molar-refractivity contribution in [1.29, 1.82) is 0 Å². The van der Waals surface area contributed by atoms with Gasteiger partial charge in [-0.25, -0.2) is 0 Å². The quantitative estimate of drug-likeness (QED) is 0.572. The third-order valence-electron chi connectivity index (χ3n) is 2.66. The van der Waals surface area contributed by atoms with Crippen LogP contribution in [0.15, 0.2) is 60.1 Å². The predicted molar refractivity (Wildman–Crippen MR) is 75.0 cm³/mol. The Bertz CT molecular complexity index is 704. The van der Waals surface area contributed by atoms with Gasteiger partial charge in [-0.1, -0.05) is 24.3 Å². The van der Waals surface area contributed by atoms with Crippen LogP contribution in [0.4, 0.5) is 5.82 Å². The van der Waals surface area contributed by atoms with E-state index in [4.69, 9.17) is 0 Å². The Labute approximate surface area is 110 Å². The van der Waals surface area contributed by atoms with Crippen molar-refractivity contribution in [3.8, 4) is 0 Å². The SMILES string of the molecule is C(=N/Nc1nncc2ccccc12)/c1ccncc1. The second kappa shape index (κ2) is 5.22. The van der Waals surface area contributed by atoms with Crippen LogP contribution in [0.25, 0.3) is 10.8 Å². The first kappa shape index (κ1) is 11.3. The molecule has 0 bridgehead atoms. The van der Waals surface area contributed by atoms with E-state index in [2.05, 4.69) is 25.7 Å². The first-order chi connectivity index (χ1) is 9.43. The molecule has 3 aromatic rings. The second-order valence-electron chi connectivity index (χ2n) is 3.93. The number of benzene rings is 1. The van der Waals surface area contributed by atoms with Gasteiger partial charge in [0.25, 0.3) is 0 Å². The first-order valence-electron chi connectivity index (χ1n) is 5.83. The maximum absolute atomic E-state index is 4.16. The van der Waals surface area contributed by atoms with Crippen molar-refractivity contribution in [2.45, 2.75) is 0 Å². The van der Waals surface area contributed by atoms with Gasteiger partial charge in [0.05, 0.1) is 12.4 Å². The minimum Gasteiger partial charge on any atom is -0.265 e. The number of aromatic nitrogens is 3. The van der Waals surface area contributed by atoms with Gasteiger partial charge in [0.2, 0.25) is 0 Å². The molecule has 0 aliphatic carbocycles. The third-order valence-corrected chi connectivity index (χ3v) is 2.66. The van der Waals surface area contributed by atoms with Crippen LogP contribution in [0.3, 0.4) is 0 Å². The van der Waals surface area contributed by atoms with Crippen molar-refractivity contribution in [3.63, 3.8) is 0 Å². The molecule has 0 spiro atoms. The monoisotopic (exact) mass is 249 g/mol. The van der Waals surface area contributed by atoms with E-state index in [1.807, 2.05) is 36.4 Å². The number of anilines is 1. The minimum absolute atomic E-state index is 0.642. The number of hydrogen-bond acceptors (Lipinski definition) is 5. The third kappa shape index (κ3) is 2.55. The van der Waals surface area contributed by atoms with Crippen LogP contribution in [-0.2, 0) is 0 Å². The van der Waals surface area contributed by atoms with Crippen molar-refractivity contribution < 1.29 is 0 Å². The summed E-state index contributed by atoms with van der Waals surface area (Å²) in [5, 5.41) is 14.2. The van der Waals surface area contributed by atoms with Crippen molar-refractivity contribution in [2.24, 2.45) is 5.10 Å². The topological polar surface area (TPSA) is 63.1 Å². The molecule has 5 nitrogen and oxygen atoms in total. The van der Waals surface area contributed by atoms with E-state index in [9.17, 15) is 0 Å². The molecule has 0 amide bonds. The van der Waals surface area contributed by atoms with Gasteiger partial charge in [-0.2, -0.15) is 10.2 Å². The molecular weight excluding hydrogens is 238 g/mol. The van der Waals surface area contributed by atoms with E-state index in [0.29, 0.717) is 5.82 Å². The highest BCUT2D eigenvalue weighted by atomic mass is 15.3. The van der Waals surface area contributed by atoms with E-state index in [1.54, 1.807) is 24.8 Å². The Kier molecular flexibility index (Phi) is 3.10. The van der Waals surface area contributed by atoms with E-state index < -0.39 is 0 Å². The molecule has 0 aliphatic rings. The maximum atomic E-state index is 4.16. The Hall–Kier alpha value is -2.82. The summed E-state index contributed by atoms with van der Waals surface area (Å²) in [6.07, 6.45) is 6.89.